The lowest BCUT2D eigenvalue weighted by Gasteiger charge is -2.16. The molecule has 0 amide bonds. The Bertz CT molecular complexity index is 842. The van der Waals surface area contributed by atoms with Gasteiger partial charge in [-0.2, -0.15) is 4.98 Å². The maximum atomic E-state index is 5.95. The lowest BCUT2D eigenvalue weighted by atomic mass is 10.1. The van der Waals surface area contributed by atoms with Gasteiger partial charge in [0.1, 0.15) is 11.5 Å². The number of imidazole rings is 1. The fourth-order valence-corrected chi connectivity index (χ4v) is 3.28. The smallest absolute Gasteiger partial charge is 0.297 e. The second kappa shape index (κ2) is 11.7. The molecule has 2 aromatic rings. The molecule has 0 atom stereocenters. The summed E-state index contributed by atoms with van der Waals surface area (Å²) >= 11 is 0. The van der Waals surface area contributed by atoms with Crippen molar-refractivity contribution in [3.8, 4) is 0 Å². The Morgan fingerprint density at radius 3 is 2.60 bits per heavy atom. The fourth-order valence-electron chi connectivity index (χ4n) is 3.28. The monoisotopic (exact) mass is 415 g/mol. The van der Waals surface area contributed by atoms with Gasteiger partial charge in [0.15, 0.2) is 5.82 Å². The number of anilines is 1. The van der Waals surface area contributed by atoms with Crippen LogP contribution in [0.3, 0.4) is 0 Å². The average Bonchev–Trinajstić information content (AvgIpc) is 3.31. The molecule has 2 heterocycles. The van der Waals surface area contributed by atoms with Crippen molar-refractivity contribution in [3.63, 3.8) is 0 Å². The summed E-state index contributed by atoms with van der Waals surface area (Å²) in [6.45, 7) is 14.7. The first-order valence-electron chi connectivity index (χ1n) is 11.0. The molecule has 0 bridgehead atoms. The van der Waals surface area contributed by atoms with Gasteiger partial charge in [0, 0.05) is 32.7 Å². The second-order valence-electron chi connectivity index (χ2n) is 7.59. The van der Waals surface area contributed by atoms with Gasteiger partial charge in [0.05, 0.1) is 24.8 Å². The number of aryl methyl sites for hydroxylation is 1. The topological polar surface area (TPSA) is 68.7 Å². The van der Waals surface area contributed by atoms with E-state index in [1.807, 2.05) is 25.2 Å². The Balaban J connectivity index is 2.32. The molecule has 7 heteroatoms. The number of allylic oxidation sites excluding steroid dienone is 1. The van der Waals surface area contributed by atoms with Crippen LogP contribution in [0.25, 0.3) is 6.08 Å². The van der Waals surface area contributed by atoms with Crippen LogP contribution in [0.4, 0.5) is 11.8 Å². The minimum absolute atomic E-state index is 0.413. The highest BCUT2D eigenvalue weighted by Gasteiger charge is 2.16. The van der Waals surface area contributed by atoms with E-state index in [1.54, 1.807) is 6.21 Å². The predicted octanol–water partition coefficient (Wildman–Crippen LogP) is 5.44. The van der Waals surface area contributed by atoms with Crippen molar-refractivity contribution in [1.29, 1.82) is 0 Å². The maximum absolute atomic E-state index is 5.95. The number of oxazole rings is 1. The van der Waals surface area contributed by atoms with E-state index in [0.29, 0.717) is 31.1 Å². The lowest BCUT2D eigenvalue weighted by molar-refractivity contribution is 0.154. The molecule has 0 aliphatic carbocycles. The molecule has 0 radical (unpaired) electrons. The van der Waals surface area contributed by atoms with Crippen molar-refractivity contribution in [2.45, 2.75) is 66.8 Å². The molecule has 2 rings (SSSR count). The highest BCUT2D eigenvalue weighted by Crippen LogP contribution is 2.27. The van der Waals surface area contributed by atoms with Gasteiger partial charge in [-0.05, 0) is 39.7 Å². The van der Waals surface area contributed by atoms with E-state index in [0.717, 1.165) is 43.0 Å². The highest BCUT2D eigenvalue weighted by molar-refractivity contribution is 5.82. The zero-order valence-corrected chi connectivity index (χ0v) is 19.6. The lowest BCUT2D eigenvalue weighted by Crippen LogP contribution is -2.22. The zero-order valence-electron chi connectivity index (χ0n) is 19.6. The first-order chi connectivity index (χ1) is 14.4. The normalized spacial score (nSPS) is 11.6. The SMILES string of the molecule is CCOCCN(C)c1nc(/C=N/c2ncn(C(CC)CC)c2C=C(C)C)c(CC)o1. The third-order valence-corrected chi connectivity index (χ3v) is 5.02. The van der Waals surface area contributed by atoms with Crippen molar-refractivity contribution in [2.75, 3.05) is 31.7 Å². The molecule has 30 heavy (non-hydrogen) atoms. The predicted molar refractivity (Wildman–Crippen MR) is 124 cm³/mol. The van der Waals surface area contributed by atoms with Gasteiger partial charge in [-0.25, -0.2) is 9.98 Å². The molecule has 2 aromatic heterocycles. The van der Waals surface area contributed by atoms with E-state index in [1.165, 1.54) is 5.57 Å². The standard InChI is InChI=1S/C23H37N5O2/c1-8-18(9-2)28-16-25-22(20(28)14-17(5)6)24-15-19-21(10-3)30-23(26-19)27(7)12-13-29-11-4/h14-16,18H,8-13H2,1-7H3/b24-15+. The molecule has 0 saturated carbocycles. The van der Waals surface area contributed by atoms with E-state index in [2.05, 4.69) is 55.2 Å². The van der Waals surface area contributed by atoms with Crippen LogP contribution >= 0.6 is 0 Å². The van der Waals surface area contributed by atoms with Gasteiger partial charge in [0.25, 0.3) is 6.01 Å². The fraction of sp³-hybridized carbons (Fsp3) is 0.609. The Labute approximate surface area is 180 Å². The van der Waals surface area contributed by atoms with Gasteiger partial charge >= 0.3 is 0 Å². The van der Waals surface area contributed by atoms with Gasteiger partial charge in [0.2, 0.25) is 0 Å². The molecule has 0 aliphatic rings. The molecule has 0 spiro atoms. The van der Waals surface area contributed by atoms with E-state index in [9.17, 15) is 0 Å². The van der Waals surface area contributed by atoms with Gasteiger partial charge in [-0.15, -0.1) is 0 Å². The molecule has 166 valence electrons. The van der Waals surface area contributed by atoms with Crippen LogP contribution in [0.15, 0.2) is 21.3 Å². The minimum Gasteiger partial charge on any atom is -0.428 e. The van der Waals surface area contributed by atoms with Crippen molar-refractivity contribution < 1.29 is 9.15 Å². The second-order valence-corrected chi connectivity index (χ2v) is 7.59. The number of hydrogen-bond donors (Lipinski definition) is 0. The van der Waals surface area contributed by atoms with E-state index in [-0.39, 0.29) is 0 Å². The van der Waals surface area contributed by atoms with Gasteiger partial charge in [-0.3, -0.25) is 0 Å². The number of aliphatic imine (C=N–C) groups is 1. The Morgan fingerprint density at radius 2 is 2.00 bits per heavy atom. The summed E-state index contributed by atoms with van der Waals surface area (Å²) in [6, 6.07) is 0.996. The average molecular weight is 416 g/mol. The largest absolute Gasteiger partial charge is 0.428 e. The Kier molecular flexibility index (Phi) is 9.30. The van der Waals surface area contributed by atoms with Crippen molar-refractivity contribution in [2.24, 2.45) is 4.99 Å². The molecule has 0 saturated heterocycles. The summed E-state index contributed by atoms with van der Waals surface area (Å²) in [6.07, 6.45) is 8.67. The van der Waals surface area contributed by atoms with Crippen LogP contribution in [0.5, 0.6) is 0 Å². The molecule has 0 aromatic carbocycles. The summed E-state index contributed by atoms with van der Waals surface area (Å²) in [7, 11) is 1.95. The van der Waals surface area contributed by atoms with E-state index in [4.69, 9.17) is 14.1 Å². The van der Waals surface area contributed by atoms with Crippen molar-refractivity contribution in [3.05, 3.63) is 29.0 Å². The third kappa shape index (κ3) is 6.05. The van der Waals surface area contributed by atoms with Crippen LogP contribution in [-0.2, 0) is 11.2 Å². The summed E-state index contributed by atoms with van der Waals surface area (Å²) in [5.41, 5.74) is 3.00. The highest BCUT2D eigenvalue weighted by atomic mass is 16.5. The Hall–Kier alpha value is -2.41. The molecule has 7 nitrogen and oxygen atoms in total. The van der Waals surface area contributed by atoms with Crippen molar-refractivity contribution in [1.82, 2.24) is 14.5 Å². The maximum Gasteiger partial charge on any atom is 0.297 e. The summed E-state index contributed by atoms with van der Waals surface area (Å²) in [5, 5.41) is 0. The number of likely N-dealkylation sites (N-methyl/N-ethyl adjacent to an activating group) is 1. The first kappa shape index (κ1) is 23.9. The number of aromatic nitrogens is 3. The van der Waals surface area contributed by atoms with E-state index >= 15 is 0 Å². The first-order valence-corrected chi connectivity index (χ1v) is 11.0. The van der Waals surface area contributed by atoms with Crippen LogP contribution in [-0.4, -0.2) is 47.6 Å². The molecule has 0 N–H and O–H groups in total. The summed E-state index contributed by atoms with van der Waals surface area (Å²) in [5.74, 6) is 1.53. The van der Waals surface area contributed by atoms with E-state index < -0.39 is 0 Å². The van der Waals surface area contributed by atoms with Gasteiger partial charge < -0.3 is 18.6 Å². The van der Waals surface area contributed by atoms with Crippen LogP contribution < -0.4 is 4.90 Å². The van der Waals surface area contributed by atoms with Crippen LogP contribution in [0.2, 0.25) is 0 Å². The third-order valence-electron chi connectivity index (χ3n) is 5.02. The zero-order chi connectivity index (χ0) is 22.1. The Morgan fingerprint density at radius 1 is 1.27 bits per heavy atom. The molecule has 0 aliphatic heterocycles. The molecule has 0 fully saturated rings. The van der Waals surface area contributed by atoms with Crippen LogP contribution in [0.1, 0.15) is 77.6 Å². The summed E-state index contributed by atoms with van der Waals surface area (Å²) in [4.78, 5) is 15.9. The number of hydrogen-bond acceptors (Lipinski definition) is 6. The molecular formula is C23H37N5O2. The summed E-state index contributed by atoms with van der Waals surface area (Å²) < 4.78 is 13.6. The van der Waals surface area contributed by atoms with Crippen LogP contribution in [0, 0.1) is 0 Å². The molecule has 0 unspecified atom stereocenters. The quantitative estimate of drug-likeness (QED) is 0.341. The number of rotatable bonds is 12. The number of ether oxygens (including phenoxy) is 1. The molecular weight excluding hydrogens is 378 g/mol. The van der Waals surface area contributed by atoms with Gasteiger partial charge in [-0.1, -0.05) is 26.3 Å². The number of nitrogens with zero attached hydrogens (tertiary/aromatic N) is 5. The van der Waals surface area contributed by atoms with Crippen molar-refractivity contribution >= 4 is 24.1 Å². The minimum atomic E-state index is 0.413.